The van der Waals surface area contributed by atoms with Crippen LogP contribution in [0.3, 0.4) is 0 Å². The lowest BCUT2D eigenvalue weighted by molar-refractivity contribution is 0.105. The second kappa shape index (κ2) is 6.76. The van der Waals surface area contributed by atoms with Crippen LogP contribution in [0.4, 0.5) is 0 Å². The van der Waals surface area contributed by atoms with Gasteiger partial charge < -0.3 is 10.2 Å². The summed E-state index contributed by atoms with van der Waals surface area (Å²) in [5, 5.41) is 3.85. The highest BCUT2D eigenvalue weighted by molar-refractivity contribution is 4.86. The van der Waals surface area contributed by atoms with Crippen LogP contribution >= 0.6 is 0 Å². The molecule has 2 fully saturated rings. The van der Waals surface area contributed by atoms with Crippen molar-refractivity contribution >= 4 is 0 Å². The van der Waals surface area contributed by atoms with Crippen molar-refractivity contribution in [2.75, 3.05) is 40.3 Å². The van der Waals surface area contributed by atoms with E-state index in [1.165, 1.54) is 45.3 Å². The van der Waals surface area contributed by atoms with Gasteiger partial charge >= 0.3 is 0 Å². The molecule has 0 spiro atoms. The highest BCUT2D eigenvalue weighted by Crippen LogP contribution is 2.37. The number of likely N-dealkylation sites (N-methyl/N-ethyl adjacent to an activating group) is 2. The number of hydrogen-bond acceptors (Lipinski definition) is 3. The molecule has 1 aliphatic carbocycles. The van der Waals surface area contributed by atoms with Crippen LogP contribution in [-0.2, 0) is 0 Å². The molecule has 0 bridgehead atoms. The van der Waals surface area contributed by atoms with Gasteiger partial charge in [-0.3, -0.25) is 4.90 Å². The molecule has 118 valence electrons. The minimum absolute atomic E-state index is 0.497. The van der Waals surface area contributed by atoms with Gasteiger partial charge in [-0.1, -0.05) is 20.8 Å². The Morgan fingerprint density at radius 3 is 2.25 bits per heavy atom. The van der Waals surface area contributed by atoms with Crippen LogP contribution in [0.15, 0.2) is 0 Å². The molecule has 2 rings (SSSR count). The standard InChI is InChI=1S/C17H35N3/c1-17(2,3)14-6-8-15(9-7-14)18-12-16-13-19(4)10-11-20(16)5/h14-16,18H,6-13H2,1-5H3. The van der Waals surface area contributed by atoms with Crippen LogP contribution in [0.25, 0.3) is 0 Å². The molecule has 3 nitrogen and oxygen atoms in total. The molecule has 1 unspecified atom stereocenters. The normalized spacial score (nSPS) is 34.4. The van der Waals surface area contributed by atoms with E-state index in [0.717, 1.165) is 18.5 Å². The molecule has 1 saturated carbocycles. The molecule has 1 atom stereocenters. The number of rotatable bonds is 3. The van der Waals surface area contributed by atoms with Crippen LogP contribution in [0.1, 0.15) is 46.5 Å². The second-order valence-electron chi connectivity index (χ2n) is 8.22. The molecule has 1 heterocycles. The van der Waals surface area contributed by atoms with Crippen LogP contribution < -0.4 is 5.32 Å². The molecule has 0 aromatic rings. The third-order valence-electron chi connectivity index (χ3n) is 5.57. The topological polar surface area (TPSA) is 18.5 Å². The first-order chi connectivity index (χ1) is 9.36. The monoisotopic (exact) mass is 281 g/mol. The first-order valence-electron chi connectivity index (χ1n) is 8.48. The van der Waals surface area contributed by atoms with Crippen molar-refractivity contribution in [3.05, 3.63) is 0 Å². The molecule has 1 aliphatic heterocycles. The molecular weight excluding hydrogens is 246 g/mol. The van der Waals surface area contributed by atoms with Gasteiger partial charge in [-0.15, -0.1) is 0 Å². The minimum Gasteiger partial charge on any atom is -0.312 e. The van der Waals surface area contributed by atoms with Gasteiger partial charge in [0.25, 0.3) is 0 Å². The molecule has 0 radical (unpaired) electrons. The Hall–Kier alpha value is -0.120. The predicted molar refractivity (Wildman–Crippen MR) is 87.1 cm³/mol. The summed E-state index contributed by atoms with van der Waals surface area (Å²) in [7, 11) is 4.52. The maximum atomic E-state index is 3.85. The zero-order valence-corrected chi connectivity index (χ0v) is 14.3. The van der Waals surface area contributed by atoms with Crippen molar-refractivity contribution in [2.45, 2.75) is 58.5 Å². The Morgan fingerprint density at radius 2 is 1.65 bits per heavy atom. The molecular formula is C17H35N3. The van der Waals surface area contributed by atoms with E-state index in [1.54, 1.807) is 0 Å². The fourth-order valence-corrected chi connectivity index (χ4v) is 3.79. The second-order valence-corrected chi connectivity index (χ2v) is 8.22. The van der Waals surface area contributed by atoms with Gasteiger partial charge in [0.2, 0.25) is 0 Å². The zero-order valence-electron chi connectivity index (χ0n) is 14.3. The van der Waals surface area contributed by atoms with E-state index in [9.17, 15) is 0 Å². The first kappa shape index (κ1) is 16.3. The van der Waals surface area contributed by atoms with Crippen LogP contribution in [0.2, 0.25) is 0 Å². The van der Waals surface area contributed by atoms with Crippen molar-refractivity contribution in [3.63, 3.8) is 0 Å². The van der Waals surface area contributed by atoms with E-state index >= 15 is 0 Å². The summed E-state index contributed by atoms with van der Waals surface area (Å²) in [6, 6.07) is 1.45. The van der Waals surface area contributed by atoms with Crippen molar-refractivity contribution in [2.24, 2.45) is 11.3 Å². The van der Waals surface area contributed by atoms with Gasteiger partial charge in [-0.25, -0.2) is 0 Å². The third kappa shape index (κ3) is 4.44. The molecule has 0 amide bonds. The van der Waals surface area contributed by atoms with Crippen molar-refractivity contribution in [1.29, 1.82) is 0 Å². The van der Waals surface area contributed by atoms with Gasteiger partial charge in [0.15, 0.2) is 0 Å². The summed E-state index contributed by atoms with van der Waals surface area (Å²) in [6.45, 7) is 12.0. The van der Waals surface area contributed by atoms with Gasteiger partial charge in [-0.05, 0) is 51.1 Å². The molecule has 3 heteroatoms. The average Bonchev–Trinajstić information content (AvgIpc) is 2.39. The lowest BCUT2D eigenvalue weighted by Crippen LogP contribution is -2.55. The van der Waals surface area contributed by atoms with E-state index in [0.29, 0.717) is 11.5 Å². The highest BCUT2D eigenvalue weighted by Gasteiger charge is 2.30. The Morgan fingerprint density at radius 1 is 1.00 bits per heavy atom. The average molecular weight is 281 g/mol. The fourth-order valence-electron chi connectivity index (χ4n) is 3.79. The molecule has 0 aromatic heterocycles. The van der Waals surface area contributed by atoms with Crippen LogP contribution in [0, 0.1) is 11.3 Å². The zero-order chi connectivity index (χ0) is 14.8. The quantitative estimate of drug-likeness (QED) is 0.857. The van der Waals surface area contributed by atoms with E-state index in [-0.39, 0.29) is 0 Å². The summed E-state index contributed by atoms with van der Waals surface area (Å²) < 4.78 is 0. The summed E-state index contributed by atoms with van der Waals surface area (Å²) in [6.07, 6.45) is 5.55. The van der Waals surface area contributed by atoms with E-state index in [2.05, 4.69) is 50.0 Å². The number of hydrogen-bond donors (Lipinski definition) is 1. The lowest BCUT2D eigenvalue weighted by atomic mass is 9.71. The van der Waals surface area contributed by atoms with Gasteiger partial charge in [0, 0.05) is 38.3 Å². The van der Waals surface area contributed by atoms with Crippen molar-refractivity contribution in [3.8, 4) is 0 Å². The SMILES string of the molecule is CN1CCN(C)C(CNC2CCC(C(C)(C)C)CC2)C1. The van der Waals surface area contributed by atoms with Gasteiger partial charge in [0.1, 0.15) is 0 Å². The number of nitrogens with zero attached hydrogens (tertiary/aromatic N) is 2. The Balaban J connectivity index is 1.70. The number of nitrogens with one attached hydrogen (secondary N) is 1. The minimum atomic E-state index is 0.497. The largest absolute Gasteiger partial charge is 0.312 e. The van der Waals surface area contributed by atoms with Gasteiger partial charge in [-0.2, -0.15) is 0 Å². The summed E-state index contributed by atoms with van der Waals surface area (Å²) in [4.78, 5) is 4.98. The Labute approximate surface area is 126 Å². The third-order valence-corrected chi connectivity index (χ3v) is 5.57. The smallest absolute Gasteiger partial charge is 0.0345 e. The fraction of sp³-hybridized carbons (Fsp3) is 1.00. The lowest BCUT2D eigenvalue weighted by Gasteiger charge is -2.40. The molecule has 20 heavy (non-hydrogen) atoms. The maximum Gasteiger partial charge on any atom is 0.0345 e. The molecule has 2 aliphatic rings. The first-order valence-corrected chi connectivity index (χ1v) is 8.48. The summed E-state index contributed by atoms with van der Waals surface area (Å²) in [5.74, 6) is 0.920. The highest BCUT2D eigenvalue weighted by atomic mass is 15.3. The van der Waals surface area contributed by atoms with Crippen molar-refractivity contribution in [1.82, 2.24) is 15.1 Å². The van der Waals surface area contributed by atoms with Crippen LogP contribution in [0.5, 0.6) is 0 Å². The molecule has 1 saturated heterocycles. The Bertz CT molecular complexity index is 289. The van der Waals surface area contributed by atoms with Gasteiger partial charge in [0.05, 0.1) is 0 Å². The predicted octanol–water partition coefficient (Wildman–Crippen LogP) is 2.43. The summed E-state index contributed by atoms with van der Waals surface area (Å²) in [5.41, 5.74) is 0.497. The Kier molecular flexibility index (Phi) is 5.49. The van der Waals surface area contributed by atoms with Crippen molar-refractivity contribution < 1.29 is 0 Å². The van der Waals surface area contributed by atoms with E-state index in [1.807, 2.05) is 0 Å². The van der Waals surface area contributed by atoms with E-state index < -0.39 is 0 Å². The van der Waals surface area contributed by atoms with E-state index in [4.69, 9.17) is 0 Å². The van der Waals surface area contributed by atoms with Crippen LogP contribution in [-0.4, -0.2) is 62.2 Å². The molecule has 0 aromatic carbocycles. The maximum absolute atomic E-state index is 3.85. The number of piperazine rings is 1. The molecule has 1 N–H and O–H groups in total. The summed E-state index contributed by atoms with van der Waals surface area (Å²) >= 11 is 0.